The van der Waals surface area contributed by atoms with Crippen molar-refractivity contribution in [2.24, 2.45) is 5.41 Å². The third-order valence-corrected chi connectivity index (χ3v) is 4.93. The third kappa shape index (κ3) is 4.06. The van der Waals surface area contributed by atoms with Gasteiger partial charge in [-0.25, -0.2) is 0 Å². The maximum absolute atomic E-state index is 13.3. The second-order valence-corrected chi connectivity index (χ2v) is 8.44. The van der Waals surface area contributed by atoms with Crippen molar-refractivity contribution in [1.82, 2.24) is 10.2 Å². The number of carbonyl (C=O) groups excluding carboxylic acids is 3. The first kappa shape index (κ1) is 19.6. The van der Waals surface area contributed by atoms with Crippen molar-refractivity contribution in [3.63, 3.8) is 0 Å². The van der Waals surface area contributed by atoms with E-state index in [1.807, 2.05) is 20.8 Å². The Bertz CT molecular complexity index is 723. The molecule has 2 N–H and O–H groups in total. The summed E-state index contributed by atoms with van der Waals surface area (Å²) in [6, 6.07) is -0.336. The van der Waals surface area contributed by atoms with E-state index in [1.165, 1.54) is 23.5 Å². The number of nitrogens with one attached hydrogen (secondary N) is 1. The number of piperidine rings is 1. The number of fused-ring (bicyclic) bond motifs is 1. The summed E-state index contributed by atoms with van der Waals surface area (Å²) in [5, 5.41) is 13.4. The Morgan fingerprint density at radius 3 is 2.81 bits per heavy atom. The van der Waals surface area contributed by atoms with Crippen LogP contribution in [0.3, 0.4) is 0 Å². The van der Waals surface area contributed by atoms with E-state index < -0.39 is 23.8 Å². The van der Waals surface area contributed by atoms with Gasteiger partial charge in [0.1, 0.15) is 25.0 Å². The molecule has 1 unspecified atom stereocenters. The topological polar surface area (TPSA) is 109 Å². The number of Topliss-reactive ketones (excluding diaryl/α,β-unsaturated/α-hetero) is 1. The highest BCUT2D eigenvalue weighted by Gasteiger charge is 2.55. The summed E-state index contributed by atoms with van der Waals surface area (Å²) in [5.41, 5.74) is 0.0730. The van der Waals surface area contributed by atoms with Crippen LogP contribution in [0, 0.1) is 5.41 Å². The molecule has 2 amide bonds. The highest BCUT2D eigenvalue weighted by Crippen LogP contribution is 2.35. The molecule has 8 heteroatoms. The molecule has 2 aliphatic heterocycles. The van der Waals surface area contributed by atoms with E-state index in [-0.39, 0.29) is 23.7 Å². The lowest BCUT2D eigenvalue weighted by Gasteiger charge is -2.42. The van der Waals surface area contributed by atoms with Gasteiger partial charge in [0.2, 0.25) is 5.91 Å². The summed E-state index contributed by atoms with van der Waals surface area (Å²) in [5.74, 6) is -2.76. The second-order valence-electron chi connectivity index (χ2n) is 8.44. The Morgan fingerprint density at radius 1 is 1.44 bits per heavy atom. The number of hydrogen-bond acceptors (Lipinski definition) is 6. The lowest BCUT2D eigenvalue weighted by Crippen LogP contribution is -2.62. The lowest BCUT2D eigenvalue weighted by molar-refractivity contribution is -0.218. The minimum atomic E-state index is -1.63. The number of likely N-dealkylation sites (tertiary alicyclic amines) is 1. The van der Waals surface area contributed by atoms with Crippen molar-refractivity contribution in [2.75, 3.05) is 13.2 Å². The van der Waals surface area contributed by atoms with Gasteiger partial charge in [-0.05, 0) is 24.3 Å². The van der Waals surface area contributed by atoms with E-state index in [0.29, 0.717) is 31.4 Å². The first-order valence-electron chi connectivity index (χ1n) is 9.13. The number of nitrogens with zero attached hydrogens (tertiary/aromatic N) is 1. The van der Waals surface area contributed by atoms with Crippen LogP contribution < -0.4 is 5.32 Å². The molecule has 3 rings (SSSR count). The van der Waals surface area contributed by atoms with E-state index >= 15 is 0 Å². The molecule has 3 heterocycles. The summed E-state index contributed by atoms with van der Waals surface area (Å²) in [7, 11) is 0. The van der Waals surface area contributed by atoms with E-state index in [2.05, 4.69) is 5.32 Å². The van der Waals surface area contributed by atoms with Gasteiger partial charge in [-0.3, -0.25) is 14.4 Å². The van der Waals surface area contributed by atoms with Crippen molar-refractivity contribution in [2.45, 2.75) is 57.9 Å². The van der Waals surface area contributed by atoms with Gasteiger partial charge in [0.05, 0.1) is 11.8 Å². The molecule has 27 heavy (non-hydrogen) atoms. The molecular weight excluding hydrogens is 352 g/mol. The number of aliphatic hydroxyl groups is 1. The average Bonchev–Trinajstić information content (AvgIpc) is 3.21. The smallest absolute Gasteiger partial charge is 0.255 e. The third-order valence-electron chi connectivity index (χ3n) is 4.93. The zero-order valence-corrected chi connectivity index (χ0v) is 15.9. The van der Waals surface area contributed by atoms with Gasteiger partial charge in [0.15, 0.2) is 11.6 Å². The van der Waals surface area contributed by atoms with Crippen LogP contribution in [-0.4, -0.2) is 58.6 Å². The van der Waals surface area contributed by atoms with E-state index in [4.69, 9.17) is 9.15 Å². The maximum Gasteiger partial charge on any atom is 0.255 e. The Morgan fingerprint density at radius 2 is 2.19 bits per heavy atom. The minimum Gasteiger partial charge on any atom is -0.472 e. The molecule has 2 saturated heterocycles. The molecule has 1 aromatic heterocycles. The standard InChI is InChI=1S/C19H26N2O6/c1-18(2,3)9-13(20-16(23)12-5-8-26-10-12)17(24)21-7-4-6-19(25)15(21)14(22)11-27-19/h5,8,10,13,15,25H,4,6-7,9,11H2,1-3H3,(H,20,23)/t13-,15?,19+/m0/s1. The van der Waals surface area contributed by atoms with Crippen molar-refractivity contribution in [3.8, 4) is 0 Å². The first-order valence-corrected chi connectivity index (χ1v) is 9.13. The van der Waals surface area contributed by atoms with Crippen molar-refractivity contribution >= 4 is 17.6 Å². The summed E-state index contributed by atoms with van der Waals surface area (Å²) in [6.45, 7) is 6.02. The van der Waals surface area contributed by atoms with Crippen LogP contribution in [0.1, 0.15) is 50.4 Å². The Kier molecular flexibility index (Phi) is 5.14. The Balaban J connectivity index is 1.83. The SMILES string of the molecule is CC(C)(C)C[C@H](NC(=O)c1ccoc1)C(=O)N1CCC[C@@]2(O)OCC(=O)C12. The molecule has 0 saturated carbocycles. The largest absolute Gasteiger partial charge is 0.472 e. The van der Waals surface area contributed by atoms with Crippen molar-refractivity contribution < 1.29 is 28.6 Å². The van der Waals surface area contributed by atoms with Crippen LogP contribution in [0.15, 0.2) is 23.0 Å². The molecule has 0 bridgehead atoms. The summed E-state index contributed by atoms with van der Waals surface area (Å²) >= 11 is 0. The van der Waals surface area contributed by atoms with Gasteiger partial charge in [0, 0.05) is 13.0 Å². The van der Waals surface area contributed by atoms with Crippen LogP contribution in [0.2, 0.25) is 0 Å². The molecule has 8 nitrogen and oxygen atoms in total. The second kappa shape index (κ2) is 7.09. The molecule has 0 aromatic carbocycles. The number of ketones is 1. The predicted octanol–water partition coefficient (Wildman–Crippen LogP) is 1.09. The molecule has 148 valence electrons. The lowest BCUT2D eigenvalue weighted by atomic mass is 9.86. The molecule has 2 aliphatic rings. The Labute approximate surface area is 157 Å². The first-order chi connectivity index (χ1) is 12.6. The molecule has 0 radical (unpaired) electrons. The molecule has 2 fully saturated rings. The van der Waals surface area contributed by atoms with Gasteiger partial charge >= 0.3 is 0 Å². The fourth-order valence-electron chi connectivity index (χ4n) is 3.75. The molecule has 0 spiro atoms. The predicted molar refractivity (Wildman–Crippen MR) is 94.7 cm³/mol. The van der Waals surface area contributed by atoms with Gasteiger partial charge in [-0.15, -0.1) is 0 Å². The zero-order chi connectivity index (χ0) is 19.8. The molecular formula is C19H26N2O6. The number of hydrogen-bond donors (Lipinski definition) is 2. The minimum absolute atomic E-state index is 0.212. The molecule has 0 aliphatic carbocycles. The number of furan rings is 1. The molecule has 3 atom stereocenters. The van der Waals surface area contributed by atoms with Crippen LogP contribution in [0.4, 0.5) is 0 Å². The number of carbonyl (C=O) groups is 3. The van der Waals surface area contributed by atoms with E-state index in [1.54, 1.807) is 0 Å². The summed E-state index contributed by atoms with van der Waals surface area (Å²) in [4.78, 5) is 39.4. The number of ether oxygens (including phenoxy) is 1. The van der Waals surface area contributed by atoms with Crippen LogP contribution in [0.25, 0.3) is 0 Å². The number of rotatable bonds is 4. The van der Waals surface area contributed by atoms with Gasteiger partial charge in [-0.1, -0.05) is 20.8 Å². The van der Waals surface area contributed by atoms with Gasteiger partial charge < -0.3 is 24.5 Å². The van der Waals surface area contributed by atoms with Crippen LogP contribution in [0.5, 0.6) is 0 Å². The average molecular weight is 378 g/mol. The normalized spacial score (nSPS) is 26.6. The van der Waals surface area contributed by atoms with Gasteiger partial charge in [-0.2, -0.15) is 0 Å². The monoisotopic (exact) mass is 378 g/mol. The highest BCUT2D eigenvalue weighted by atomic mass is 16.6. The van der Waals surface area contributed by atoms with Gasteiger partial charge in [0.25, 0.3) is 5.91 Å². The Hall–Kier alpha value is -2.19. The summed E-state index contributed by atoms with van der Waals surface area (Å²) < 4.78 is 10.2. The quantitative estimate of drug-likeness (QED) is 0.812. The molecule has 1 aromatic rings. The number of amides is 2. The van der Waals surface area contributed by atoms with Crippen molar-refractivity contribution in [3.05, 3.63) is 24.2 Å². The maximum atomic E-state index is 13.3. The summed E-state index contributed by atoms with van der Waals surface area (Å²) in [6.07, 6.45) is 3.89. The fourth-order valence-corrected chi connectivity index (χ4v) is 3.75. The zero-order valence-electron chi connectivity index (χ0n) is 15.9. The fraction of sp³-hybridized carbons (Fsp3) is 0.632. The van der Waals surface area contributed by atoms with E-state index in [9.17, 15) is 19.5 Å². The van der Waals surface area contributed by atoms with Crippen molar-refractivity contribution in [1.29, 1.82) is 0 Å². The highest BCUT2D eigenvalue weighted by molar-refractivity contribution is 5.99. The van der Waals surface area contributed by atoms with E-state index in [0.717, 1.165) is 0 Å². The van der Waals surface area contributed by atoms with Crippen LogP contribution in [-0.2, 0) is 14.3 Å². The van der Waals surface area contributed by atoms with Crippen LogP contribution >= 0.6 is 0 Å².